The van der Waals surface area contributed by atoms with Crippen molar-refractivity contribution in [2.24, 2.45) is 0 Å². The molecule has 92 valence electrons. The van der Waals surface area contributed by atoms with Crippen LogP contribution in [-0.2, 0) is 9.53 Å². The number of hydrogen-bond donors (Lipinski definition) is 0. The molecule has 0 N–H and O–H groups in total. The molecule has 5 nitrogen and oxygen atoms in total. The monoisotopic (exact) mass is 259 g/mol. The van der Waals surface area contributed by atoms with Crippen LogP contribution >= 0.6 is 11.8 Å². The molecule has 0 fully saturated rings. The van der Waals surface area contributed by atoms with E-state index in [-0.39, 0.29) is 22.9 Å². The van der Waals surface area contributed by atoms with Gasteiger partial charge in [-0.2, -0.15) is 0 Å². The highest BCUT2D eigenvalue weighted by atomic mass is 32.2. The molecule has 0 aliphatic heterocycles. The second-order valence-corrected chi connectivity index (χ2v) is 3.98. The molecule has 0 heterocycles. The molecule has 0 amide bonds. The van der Waals surface area contributed by atoms with Gasteiger partial charge in [-0.15, -0.1) is 11.8 Å². The highest BCUT2D eigenvalue weighted by molar-refractivity contribution is 8.00. The van der Waals surface area contributed by atoms with Crippen molar-refractivity contribution in [3.63, 3.8) is 0 Å². The smallest absolute Gasteiger partial charge is 0.316 e. The van der Waals surface area contributed by atoms with Gasteiger partial charge in [0.15, 0.2) is 0 Å². The number of carbonyl (C=O) groups excluding carboxylic acids is 1. The Kier molecular flexibility index (Phi) is 4.89. The van der Waals surface area contributed by atoms with E-state index in [1.54, 1.807) is 6.92 Å². The van der Waals surface area contributed by atoms with Gasteiger partial charge in [0, 0.05) is 0 Å². The van der Waals surface area contributed by atoms with Crippen LogP contribution in [0.2, 0.25) is 0 Å². The Morgan fingerprint density at radius 1 is 1.59 bits per heavy atom. The van der Waals surface area contributed by atoms with Crippen LogP contribution in [0, 0.1) is 15.9 Å². The van der Waals surface area contributed by atoms with Gasteiger partial charge in [-0.3, -0.25) is 14.9 Å². The number of ether oxygens (including phenoxy) is 1. The van der Waals surface area contributed by atoms with Gasteiger partial charge in [0.2, 0.25) is 0 Å². The van der Waals surface area contributed by atoms with Crippen LogP contribution in [0.15, 0.2) is 23.1 Å². The van der Waals surface area contributed by atoms with E-state index in [2.05, 4.69) is 4.74 Å². The summed E-state index contributed by atoms with van der Waals surface area (Å²) in [6.07, 6.45) is 0. The topological polar surface area (TPSA) is 69.4 Å². The van der Waals surface area contributed by atoms with E-state index in [1.807, 2.05) is 0 Å². The SMILES string of the molecule is CCOC(=O)CSc1ccc(F)cc1[N+](=O)[O-]. The summed E-state index contributed by atoms with van der Waals surface area (Å²) in [7, 11) is 0. The first-order valence-electron chi connectivity index (χ1n) is 4.77. The number of nitro groups is 1. The highest BCUT2D eigenvalue weighted by Crippen LogP contribution is 2.29. The fourth-order valence-corrected chi connectivity index (χ4v) is 1.90. The number of esters is 1. The Labute approximate surface area is 101 Å². The number of nitro benzene ring substituents is 1. The van der Waals surface area contributed by atoms with Crippen LogP contribution in [0.1, 0.15) is 6.92 Å². The Hall–Kier alpha value is -1.63. The molecule has 0 saturated carbocycles. The van der Waals surface area contributed by atoms with Crippen molar-refractivity contribution in [3.05, 3.63) is 34.1 Å². The predicted molar refractivity (Wildman–Crippen MR) is 60.4 cm³/mol. The van der Waals surface area contributed by atoms with Crippen LogP contribution in [-0.4, -0.2) is 23.3 Å². The largest absolute Gasteiger partial charge is 0.465 e. The summed E-state index contributed by atoms with van der Waals surface area (Å²) in [6, 6.07) is 3.21. The van der Waals surface area contributed by atoms with E-state index >= 15 is 0 Å². The molecule has 0 aliphatic rings. The summed E-state index contributed by atoms with van der Waals surface area (Å²) >= 11 is 0.949. The maximum atomic E-state index is 12.8. The van der Waals surface area contributed by atoms with Crippen LogP contribution < -0.4 is 0 Å². The zero-order valence-electron chi connectivity index (χ0n) is 9.01. The van der Waals surface area contributed by atoms with Gasteiger partial charge in [-0.05, 0) is 19.1 Å². The molecule has 0 atom stereocenters. The van der Waals surface area contributed by atoms with Gasteiger partial charge in [0.25, 0.3) is 5.69 Å². The van der Waals surface area contributed by atoms with Gasteiger partial charge >= 0.3 is 5.97 Å². The van der Waals surface area contributed by atoms with E-state index < -0.39 is 16.7 Å². The first-order chi connectivity index (χ1) is 8.04. The third-order valence-corrected chi connectivity index (χ3v) is 2.80. The van der Waals surface area contributed by atoms with Gasteiger partial charge < -0.3 is 4.74 Å². The van der Waals surface area contributed by atoms with Crippen molar-refractivity contribution in [3.8, 4) is 0 Å². The molecule has 1 aromatic carbocycles. The lowest BCUT2D eigenvalue weighted by molar-refractivity contribution is -0.387. The first kappa shape index (κ1) is 13.4. The molecular weight excluding hydrogens is 249 g/mol. The van der Waals surface area contributed by atoms with E-state index in [9.17, 15) is 19.3 Å². The normalized spacial score (nSPS) is 10.0. The van der Waals surface area contributed by atoms with E-state index in [1.165, 1.54) is 6.07 Å². The molecule has 1 rings (SSSR count). The average molecular weight is 259 g/mol. The number of nitrogens with zero attached hydrogens (tertiary/aromatic N) is 1. The van der Waals surface area contributed by atoms with Crippen LogP contribution in [0.3, 0.4) is 0 Å². The van der Waals surface area contributed by atoms with Gasteiger partial charge in [0.1, 0.15) is 5.82 Å². The molecule has 0 aromatic heterocycles. The van der Waals surface area contributed by atoms with E-state index in [0.717, 1.165) is 23.9 Å². The molecule has 0 bridgehead atoms. The van der Waals surface area contributed by atoms with Crippen molar-refractivity contribution < 1.29 is 18.8 Å². The number of benzene rings is 1. The Morgan fingerprint density at radius 3 is 2.88 bits per heavy atom. The molecule has 0 spiro atoms. The minimum absolute atomic E-state index is 0.0414. The second-order valence-electron chi connectivity index (χ2n) is 2.96. The molecule has 0 unspecified atom stereocenters. The minimum Gasteiger partial charge on any atom is -0.465 e. The molecule has 1 aromatic rings. The molecular formula is C10H10FNO4S. The summed E-state index contributed by atoms with van der Waals surface area (Å²) < 4.78 is 17.5. The van der Waals surface area contributed by atoms with Crippen molar-refractivity contribution in [1.29, 1.82) is 0 Å². The van der Waals surface area contributed by atoms with Crippen LogP contribution in [0.4, 0.5) is 10.1 Å². The molecule has 7 heteroatoms. The molecule has 0 saturated heterocycles. The lowest BCUT2D eigenvalue weighted by Crippen LogP contribution is -2.06. The average Bonchev–Trinajstić information content (AvgIpc) is 2.27. The number of thioether (sulfide) groups is 1. The third-order valence-electron chi connectivity index (χ3n) is 1.77. The van der Waals surface area contributed by atoms with E-state index in [0.29, 0.717) is 0 Å². The van der Waals surface area contributed by atoms with E-state index in [4.69, 9.17) is 0 Å². The maximum Gasteiger partial charge on any atom is 0.316 e. The third kappa shape index (κ3) is 4.03. The molecule has 0 radical (unpaired) electrons. The van der Waals surface area contributed by atoms with Crippen molar-refractivity contribution in [1.82, 2.24) is 0 Å². The van der Waals surface area contributed by atoms with Crippen LogP contribution in [0.5, 0.6) is 0 Å². The van der Waals surface area contributed by atoms with Gasteiger partial charge in [0.05, 0.1) is 28.2 Å². The zero-order valence-corrected chi connectivity index (χ0v) is 9.83. The maximum absolute atomic E-state index is 12.8. The summed E-state index contributed by atoms with van der Waals surface area (Å²) in [6.45, 7) is 1.92. The fraction of sp³-hybridized carbons (Fsp3) is 0.300. The van der Waals surface area contributed by atoms with Crippen molar-refractivity contribution in [2.45, 2.75) is 11.8 Å². The summed E-state index contributed by atoms with van der Waals surface area (Å²) in [5.41, 5.74) is -0.348. The standard InChI is InChI=1S/C10H10FNO4S/c1-2-16-10(13)6-17-9-4-3-7(11)5-8(9)12(14)15/h3-5H,2,6H2,1H3. The Bertz CT molecular complexity index is 438. The minimum atomic E-state index is -0.684. The summed E-state index contributed by atoms with van der Waals surface area (Å²) in [4.78, 5) is 21.3. The van der Waals surface area contributed by atoms with Gasteiger partial charge in [-0.1, -0.05) is 0 Å². The Morgan fingerprint density at radius 2 is 2.29 bits per heavy atom. The first-order valence-corrected chi connectivity index (χ1v) is 5.75. The van der Waals surface area contributed by atoms with Crippen molar-refractivity contribution >= 4 is 23.4 Å². The lowest BCUT2D eigenvalue weighted by Gasteiger charge is -2.03. The molecule has 0 aliphatic carbocycles. The van der Waals surface area contributed by atoms with Crippen molar-refractivity contribution in [2.75, 3.05) is 12.4 Å². The number of rotatable bonds is 5. The quantitative estimate of drug-likeness (QED) is 0.351. The summed E-state index contributed by atoms with van der Waals surface area (Å²) in [5, 5.41) is 10.7. The highest BCUT2D eigenvalue weighted by Gasteiger charge is 2.16. The lowest BCUT2D eigenvalue weighted by atomic mass is 10.3. The Balaban J connectivity index is 2.77. The number of hydrogen-bond acceptors (Lipinski definition) is 5. The fourth-order valence-electron chi connectivity index (χ4n) is 1.09. The number of carbonyl (C=O) groups is 1. The zero-order chi connectivity index (χ0) is 12.8. The predicted octanol–water partition coefficient (Wildman–Crippen LogP) is 2.39. The molecule has 17 heavy (non-hydrogen) atoms. The second kappa shape index (κ2) is 6.19. The van der Waals surface area contributed by atoms with Gasteiger partial charge in [-0.25, -0.2) is 4.39 Å². The van der Waals surface area contributed by atoms with Crippen LogP contribution in [0.25, 0.3) is 0 Å². The number of halogens is 1. The summed E-state index contributed by atoms with van der Waals surface area (Å²) in [5.74, 6) is -1.19.